The van der Waals surface area contributed by atoms with Crippen molar-refractivity contribution in [2.45, 2.75) is 20.8 Å². The molecule has 1 aromatic carbocycles. The number of fused-ring (bicyclic) bond motifs is 1. The van der Waals surface area contributed by atoms with Crippen LogP contribution in [-0.4, -0.2) is 50.9 Å². The maximum Gasteiger partial charge on any atom is 0.257 e. The summed E-state index contributed by atoms with van der Waals surface area (Å²) in [6, 6.07) is 7.49. The Morgan fingerprint density at radius 1 is 1.24 bits per heavy atom. The minimum atomic E-state index is -0.0608. The Balaban J connectivity index is 1.64. The van der Waals surface area contributed by atoms with Crippen LogP contribution in [0.4, 0.5) is 0 Å². The van der Waals surface area contributed by atoms with Crippen LogP contribution in [0, 0.1) is 12.8 Å². The van der Waals surface area contributed by atoms with Gasteiger partial charge in [0.15, 0.2) is 11.5 Å². The molecule has 2 aromatic heterocycles. The molecular formula is C21H23N5O3. The van der Waals surface area contributed by atoms with E-state index in [9.17, 15) is 4.79 Å². The lowest BCUT2D eigenvalue weighted by Gasteiger charge is -2.19. The molecule has 1 amide bonds. The third-order valence-electron chi connectivity index (χ3n) is 4.73. The van der Waals surface area contributed by atoms with Crippen LogP contribution in [0.3, 0.4) is 0 Å². The molecule has 0 unspecified atom stereocenters. The standard InChI is InChI=1S/C21H23N5O3/c1-13(2)11-25(4)20(27)16-10-23-26(14(16)3)21-22-8-7-17(24-21)15-5-6-18-19(9-15)29-12-28-18/h5-10,13H,11-12H2,1-4H3. The fourth-order valence-corrected chi connectivity index (χ4v) is 3.32. The molecule has 4 rings (SSSR count). The summed E-state index contributed by atoms with van der Waals surface area (Å²) in [4.78, 5) is 23.4. The summed E-state index contributed by atoms with van der Waals surface area (Å²) in [5.74, 6) is 2.15. The lowest BCUT2D eigenvalue weighted by Crippen LogP contribution is -2.30. The number of carbonyl (C=O) groups is 1. The molecule has 0 aliphatic carbocycles. The monoisotopic (exact) mass is 393 g/mol. The molecule has 150 valence electrons. The number of benzene rings is 1. The zero-order valence-corrected chi connectivity index (χ0v) is 16.9. The van der Waals surface area contributed by atoms with Crippen molar-refractivity contribution >= 4 is 5.91 Å². The van der Waals surface area contributed by atoms with E-state index in [4.69, 9.17) is 9.47 Å². The molecule has 3 heterocycles. The van der Waals surface area contributed by atoms with E-state index < -0.39 is 0 Å². The van der Waals surface area contributed by atoms with Gasteiger partial charge in [-0.1, -0.05) is 13.8 Å². The van der Waals surface area contributed by atoms with Crippen LogP contribution in [0.1, 0.15) is 29.9 Å². The second-order valence-electron chi connectivity index (χ2n) is 7.44. The van der Waals surface area contributed by atoms with Crippen LogP contribution >= 0.6 is 0 Å². The van der Waals surface area contributed by atoms with E-state index >= 15 is 0 Å². The summed E-state index contributed by atoms with van der Waals surface area (Å²) in [6.45, 7) is 6.91. The van der Waals surface area contributed by atoms with E-state index in [0.29, 0.717) is 35.4 Å². The van der Waals surface area contributed by atoms with Crippen molar-refractivity contribution in [1.29, 1.82) is 0 Å². The van der Waals surface area contributed by atoms with E-state index in [1.807, 2.05) is 31.2 Å². The first-order valence-corrected chi connectivity index (χ1v) is 9.47. The van der Waals surface area contributed by atoms with Gasteiger partial charge >= 0.3 is 0 Å². The van der Waals surface area contributed by atoms with Gasteiger partial charge in [-0.2, -0.15) is 5.10 Å². The highest BCUT2D eigenvalue weighted by Gasteiger charge is 2.21. The van der Waals surface area contributed by atoms with E-state index in [2.05, 4.69) is 28.9 Å². The van der Waals surface area contributed by atoms with Gasteiger partial charge in [-0.05, 0) is 37.1 Å². The van der Waals surface area contributed by atoms with Gasteiger partial charge < -0.3 is 14.4 Å². The summed E-state index contributed by atoms with van der Waals surface area (Å²) in [6.07, 6.45) is 3.25. The maximum atomic E-state index is 12.7. The fraction of sp³-hybridized carbons (Fsp3) is 0.333. The number of hydrogen-bond donors (Lipinski definition) is 0. The summed E-state index contributed by atoms with van der Waals surface area (Å²) in [7, 11) is 1.80. The van der Waals surface area contributed by atoms with Gasteiger partial charge in [0, 0.05) is 25.4 Å². The lowest BCUT2D eigenvalue weighted by atomic mass is 10.1. The molecule has 8 nitrogen and oxygen atoms in total. The Morgan fingerprint density at radius 3 is 2.83 bits per heavy atom. The topological polar surface area (TPSA) is 82.4 Å². The Hall–Kier alpha value is -3.42. The van der Waals surface area contributed by atoms with Crippen molar-refractivity contribution in [1.82, 2.24) is 24.6 Å². The second kappa shape index (κ2) is 7.54. The third-order valence-corrected chi connectivity index (χ3v) is 4.73. The molecule has 0 N–H and O–H groups in total. The minimum Gasteiger partial charge on any atom is -0.454 e. The number of ether oxygens (including phenoxy) is 2. The summed E-state index contributed by atoms with van der Waals surface area (Å²) < 4.78 is 12.4. The van der Waals surface area contributed by atoms with Crippen LogP contribution in [0.25, 0.3) is 17.2 Å². The SMILES string of the molecule is Cc1c(C(=O)N(C)CC(C)C)cnn1-c1nccc(-c2ccc3c(c2)OCO3)n1. The Kier molecular flexibility index (Phi) is 4.92. The van der Waals surface area contributed by atoms with Crippen molar-refractivity contribution in [3.05, 3.63) is 47.9 Å². The summed E-state index contributed by atoms with van der Waals surface area (Å²) in [5, 5.41) is 4.36. The largest absolute Gasteiger partial charge is 0.454 e. The van der Waals surface area contributed by atoms with Crippen molar-refractivity contribution < 1.29 is 14.3 Å². The molecule has 8 heteroatoms. The average molecular weight is 393 g/mol. The predicted molar refractivity (Wildman–Crippen MR) is 107 cm³/mol. The molecule has 0 saturated carbocycles. The Morgan fingerprint density at radius 2 is 2.03 bits per heavy atom. The fourth-order valence-electron chi connectivity index (χ4n) is 3.32. The van der Waals surface area contributed by atoms with Crippen molar-refractivity contribution in [3.63, 3.8) is 0 Å². The van der Waals surface area contributed by atoms with Gasteiger partial charge in [0.2, 0.25) is 6.79 Å². The quantitative estimate of drug-likeness (QED) is 0.662. The smallest absolute Gasteiger partial charge is 0.257 e. The first kappa shape index (κ1) is 18.9. The lowest BCUT2D eigenvalue weighted by molar-refractivity contribution is 0.0778. The summed E-state index contributed by atoms with van der Waals surface area (Å²) in [5.41, 5.74) is 2.86. The molecule has 0 bridgehead atoms. The second-order valence-corrected chi connectivity index (χ2v) is 7.44. The predicted octanol–water partition coefficient (Wildman–Crippen LogP) is 3.09. The van der Waals surface area contributed by atoms with Crippen molar-refractivity contribution in [2.75, 3.05) is 20.4 Å². The minimum absolute atomic E-state index is 0.0608. The van der Waals surface area contributed by atoms with Gasteiger partial charge in [-0.25, -0.2) is 14.6 Å². The number of amides is 1. The van der Waals surface area contributed by atoms with Crippen LogP contribution in [-0.2, 0) is 0 Å². The van der Waals surface area contributed by atoms with Crippen LogP contribution in [0.2, 0.25) is 0 Å². The molecule has 0 saturated heterocycles. The molecule has 0 radical (unpaired) electrons. The Bertz CT molecular complexity index is 1060. The van der Waals surface area contributed by atoms with E-state index in [-0.39, 0.29) is 12.7 Å². The van der Waals surface area contributed by atoms with Gasteiger partial charge in [0.25, 0.3) is 11.9 Å². The number of carbonyl (C=O) groups excluding carboxylic acids is 1. The van der Waals surface area contributed by atoms with Gasteiger partial charge in [-0.15, -0.1) is 0 Å². The molecule has 3 aromatic rings. The van der Waals surface area contributed by atoms with Crippen LogP contribution < -0.4 is 9.47 Å². The summed E-state index contributed by atoms with van der Waals surface area (Å²) >= 11 is 0. The molecule has 1 aliphatic heterocycles. The van der Waals surface area contributed by atoms with Crippen molar-refractivity contribution in [3.8, 4) is 28.7 Å². The highest BCUT2D eigenvalue weighted by Crippen LogP contribution is 2.35. The van der Waals surface area contributed by atoms with E-state index in [1.165, 1.54) is 0 Å². The van der Waals surface area contributed by atoms with Gasteiger partial charge in [0.1, 0.15) is 0 Å². The molecular weight excluding hydrogens is 370 g/mol. The van der Waals surface area contributed by atoms with Gasteiger partial charge in [0.05, 0.1) is 23.1 Å². The first-order valence-electron chi connectivity index (χ1n) is 9.47. The molecule has 29 heavy (non-hydrogen) atoms. The number of hydrogen-bond acceptors (Lipinski definition) is 6. The normalized spacial score (nSPS) is 12.4. The van der Waals surface area contributed by atoms with Crippen LogP contribution in [0.15, 0.2) is 36.7 Å². The first-order chi connectivity index (χ1) is 13.9. The van der Waals surface area contributed by atoms with E-state index in [1.54, 1.807) is 29.0 Å². The third kappa shape index (κ3) is 3.65. The zero-order chi connectivity index (χ0) is 20.5. The molecule has 0 fully saturated rings. The molecule has 0 spiro atoms. The Labute approximate surface area is 169 Å². The van der Waals surface area contributed by atoms with Gasteiger partial charge in [-0.3, -0.25) is 4.79 Å². The average Bonchev–Trinajstić information content (AvgIpc) is 3.32. The number of aromatic nitrogens is 4. The number of nitrogens with zero attached hydrogens (tertiary/aromatic N) is 5. The zero-order valence-electron chi connectivity index (χ0n) is 16.9. The molecule has 0 atom stereocenters. The molecule has 1 aliphatic rings. The highest BCUT2D eigenvalue weighted by molar-refractivity contribution is 5.95. The maximum absolute atomic E-state index is 12.7. The van der Waals surface area contributed by atoms with E-state index in [0.717, 1.165) is 17.0 Å². The van der Waals surface area contributed by atoms with Crippen molar-refractivity contribution in [2.24, 2.45) is 5.92 Å². The number of rotatable bonds is 5. The van der Waals surface area contributed by atoms with Crippen LogP contribution in [0.5, 0.6) is 11.5 Å². The highest BCUT2D eigenvalue weighted by atomic mass is 16.7.